The summed E-state index contributed by atoms with van der Waals surface area (Å²) in [7, 11) is 0. The fourth-order valence-electron chi connectivity index (χ4n) is 0.861. The molecule has 0 saturated heterocycles. The van der Waals surface area contributed by atoms with Gasteiger partial charge in [0.2, 0.25) is 5.91 Å². The molecule has 11 heavy (non-hydrogen) atoms. The third kappa shape index (κ3) is 3.41. The summed E-state index contributed by atoms with van der Waals surface area (Å²) in [6.07, 6.45) is 1.32. The Morgan fingerprint density at radius 3 is 2.36 bits per heavy atom. The summed E-state index contributed by atoms with van der Waals surface area (Å²) in [4.78, 5) is 21.6. The predicted molar refractivity (Wildman–Crippen MR) is 46.5 cm³/mol. The Kier molecular flexibility index (Phi) is 4.94. The largest absolute Gasteiger partial charge is 0.369 e. The minimum Gasteiger partial charge on any atom is -0.369 e. The van der Waals surface area contributed by atoms with Crippen LogP contribution in [0, 0.1) is 5.92 Å². The second-order valence-corrected chi connectivity index (χ2v) is 2.68. The standard InChI is InChI=1S/C7H13NO2S/c1-2-3-5(7(8)10)6(9)4-11/h5,11H,2-4H2,1H3,(H2,8,10). The number of rotatable bonds is 5. The zero-order valence-corrected chi connectivity index (χ0v) is 7.43. The molecule has 1 unspecified atom stereocenters. The van der Waals surface area contributed by atoms with Gasteiger partial charge in [-0.05, 0) is 6.42 Å². The lowest BCUT2D eigenvalue weighted by Gasteiger charge is -2.07. The van der Waals surface area contributed by atoms with Crippen LogP contribution in [0.4, 0.5) is 0 Å². The number of primary amides is 1. The van der Waals surface area contributed by atoms with Crippen molar-refractivity contribution < 1.29 is 9.59 Å². The molecule has 0 saturated carbocycles. The summed E-state index contributed by atoms with van der Waals surface area (Å²) in [5.41, 5.74) is 5.01. The molecule has 64 valence electrons. The van der Waals surface area contributed by atoms with E-state index in [1.807, 2.05) is 6.92 Å². The molecule has 0 aliphatic carbocycles. The number of thiol groups is 1. The van der Waals surface area contributed by atoms with Crippen molar-refractivity contribution in [1.29, 1.82) is 0 Å². The fourth-order valence-corrected chi connectivity index (χ4v) is 1.08. The Morgan fingerprint density at radius 1 is 1.55 bits per heavy atom. The van der Waals surface area contributed by atoms with Crippen molar-refractivity contribution in [2.45, 2.75) is 19.8 Å². The lowest BCUT2D eigenvalue weighted by atomic mass is 9.99. The normalized spacial score (nSPS) is 12.5. The summed E-state index contributed by atoms with van der Waals surface area (Å²) in [6.45, 7) is 1.90. The van der Waals surface area contributed by atoms with Gasteiger partial charge in [-0.25, -0.2) is 0 Å². The number of carbonyl (C=O) groups is 2. The summed E-state index contributed by atoms with van der Waals surface area (Å²) in [5.74, 6) is -1.25. The van der Waals surface area contributed by atoms with Gasteiger partial charge in [0.05, 0.1) is 11.7 Å². The number of carbonyl (C=O) groups excluding carboxylic acids is 2. The van der Waals surface area contributed by atoms with E-state index in [2.05, 4.69) is 12.6 Å². The second kappa shape index (κ2) is 5.18. The highest BCUT2D eigenvalue weighted by atomic mass is 32.1. The summed E-state index contributed by atoms with van der Waals surface area (Å²) >= 11 is 3.78. The summed E-state index contributed by atoms with van der Waals surface area (Å²) in [5, 5.41) is 0. The Bertz CT molecular complexity index is 159. The van der Waals surface area contributed by atoms with Gasteiger partial charge < -0.3 is 5.73 Å². The molecule has 0 fully saturated rings. The molecule has 0 radical (unpaired) electrons. The SMILES string of the molecule is CCCC(C(N)=O)C(=O)CS. The van der Waals surface area contributed by atoms with Gasteiger partial charge in [-0.1, -0.05) is 13.3 Å². The molecule has 1 amide bonds. The maximum atomic E-state index is 11.0. The van der Waals surface area contributed by atoms with Crippen LogP contribution in [0.3, 0.4) is 0 Å². The van der Waals surface area contributed by atoms with Gasteiger partial charge in [-0.2, -0.15) is 12.6 Å². The Morgan fingerprint density at radius 2 is 2.09 bits per heavy atom. The van der Waals surface area contributed by atoms with Crippen LogP contribution >= 0.6 is 12.6 Å². The number of amides is 1. The van der Waals surface area contributed by atoms with E-state index in [0.717, 1.165) is 6.42 Å². The van der Waals surface area contributed by atoms with Gasteiger partial charge in [0.1, 0.15) is 0 Å². The topological polar surface area (TPSA) is 60.2 Å². The van der Waals surface area contributed by atoms with Crippen LogP contribution in [-0.4, -0.2) is 17.4 Å². The first-order valence-electron chi connectivity index (χ1n) is 3.56. The van der Waals surface area contributed by atoms with Crippen LogP contribution in [0.5, 0.6) is 0 Å². The highest BCUT2D eigenvalue weighted by Crippen LogP contribution is 2.07. The van der Waals surface area contributed by atoms with Crippen molar-refractivity contribution in [1.82, 2.24) is 0 Å². The molecule has 0 spiro atoms. The molecule has 1 atom stereocenters. The van der Waals surface area contributed by atoms with E-state index < -0.39 is 11.8 Å². The third-order valence-electron chi connectivity index (χ3n) is 1.47. The average Bonchev–Trinajstić information content (AvgIpc) is 1.98. The van der Waals surface area contributed by atoms with Crippen LogP contribution in [0.2, 0.25) is 0 Å². The van der Waals surface area contributed by atoms with Crippen LogP contribution < -0.4 is 5.73 Å². The second-order valence-electron chi connectivity index (χ2n) is 2.37. The van der Waals surface area contributed by atoms with Gasteiger partial charge in [0.25, 0.3) is 0 Å². The quantitative estimate of drug-likeness (QED) is 0.469. The number of Topliss-reactive ketones (excluding diaryl/α,β-unsaturated/α-hetero) is 1. The summed E-state index contributed by atoms with van der Waals surface area (Å²) in [6, 6.07) is 0. The van der Waals surface area contributed by atoms with Gasteiger partial charge in [-0.15, -0.1) is 0 Å². The van der Waals surface area contributed by atoms with Gasteiger partial charge in [0.15, 0.2) is 5.78 Å². The van der Waals surface area contributed by atoms with E-state index in [9.17, 15) is 9.59 Å². The Labute approximate surface area is 71.7 Å². The highest BCUT2D eigenvalue weighted by Gasteiger charge is 2.21. The predicted octanol–water partition coefficient (Wildman–Crippen LogP) is 0.387. The first kappa shape index (κ1) is 10.5. The fraction of sp³-hybridized carbons (Fsp3) is 0.714. The smallest absolute Gasteiger partial charge is 0.228 e. The minimum atomic E-state index is -0.627. The molecule has 0 aromatic heterocycles. The molecular weight excluding hydrogens is 162 g/mol. The van der Waals surface area contributed by atoms with Crippen molar-refractivity contribution >= 4 is 24.3 Å². The average molecular weight is 175 g/mol. The van der Waals surface area contributed by atoms with Gasteiger partial charge >= 0.3 is 0 Å². The zero-order chi connectivity index (χ0) is 8.85. The zero-order valence-electron chi connectivity index (χ0n) is 6.54. The van der Waals surface area contributed by atoms with E-state index in [1.165, 1.54) is 0 Å². The van der Waals surface area contributed by atoms with Gasteiger partial charge in [0, 0.05) is 0 Å². The van der Waals surface area contributed by atoms with E-state index in [4.69, 9.17) is 5.73 Å². The maximum absolute atomic E-state index is 11.0. The molecule has 4 heteroatoms. The van der Waals surface area contributed by atoms with Crippen molar-refractivity contribution in [3.05, 3.63) is 0 Å². The molecule has 3 nitrogen and oxygen atoms in total. The van der Waals surface area contributed by atoms with E-state index in [0.29, 0.717) is 6.42 Å². The molecule has 0 aromatic rings. The molecule has 0 bridgehead atoms. The van der Waals surface area contributed by atoms with E-state index in [-0.39, 0.29) is 11.5 Å². The highest BCUT2D eigenvalue weighted by molar-refractivity contribution is 7.81. The molecular formula is C7H13NO2S. The summed E-state index contributed by atoms with van der Waals surface area (Å²) < 4.78 is 0. The molecule has 0 aromatic carbocycles. The van der Waals surface area contributed by atoms with Crippen LogP contribution in [0.1, 0.15) is 19.8 Å². The van der Waals surface area contributed by atoms with Crippen molar-refractivity contribution in [2.75, 3.05) is 5.75 Å². The van der Waals surface area contributed by atoms with Crippen molar-refractivity contribution in [3.63, 3.8) is 0 Å². The monoisotopic (exact) mass is 175 g/mol. The number of ketones is 1. The minimum absolute atomic E-state index is 0.0909. The molecule has 0 aliphatic heterocycles. The lowest BCUT2D eigenvalue weighted by Crippen LogP contribution is -2.30. The first-order valence-corrected chi connectivity index (χ1v) is 4.19. The number of hydrogen-bond acceptors (Lipinski definition) is 3. The third-order valence-corrected chi connectivity index (χ3v) is 1.78. The van der Waals surface area contributed by atoms with Gasteiger partial charge in [-0.3, -0.25) is 9.59 Å². The first-order chi connectivity index (χ1) is 5.13. The van der Waals surface area contributed by atoms with E-state index in [1.54, 1.807) is 0 Å². The van der Waals surface area contributed by atoms with E-state index >= 15 is 0 Å². The van der Waals surface area contributed by atoms with Crippen LogP contribution in [0.25, 0.3) is 0 Å². The molecule has 0 aliphatic rings. The Hall–Kier alpha value is -0.510. The van der Waals surface area contributed by atoms with Crippen molar-refractivity contribution in [3.8, 4) is 0 Å². The molecule has 0 heterocycles. The number of hydrogen-bond donors (Lipinski definition) is 2. The van der Waals surface area contributed by atoms with Crippen molar-refractivity contribution in [2.24, 2.45) is 11.7 Å². The van der Waals surface area contributed by atoms with Crippen LogP contribution in [0.15, 0.2) is 0 Å². The Balaban J connectivity index is 4.09. The van der Waals surface area contributed by atoms with Crippen LogP contribution in [-0.2, 0) is 9.59 Å². The molecule has 0 rings (SSSR count). The lowest BCUT2D eigenvalue weighted by molar-refractivity contribution is -0.130. The number of nitrogens with two attached hydrogens (primary N) is 1. The maximum Gasteiger partial charge on any atom is 0.228 e. The molecule has 2 N–H and O–H groups in total.